The zero-order valence-corrected chi connectivity index (χ0v) is 15.6. The summed E-state index contributed by atoms with van der Waals surface area (Å²) in [6, 6.07) is 11.1. The van der Waals surface area contributed by atoms with Gasteiger partial charge < -0.3 is 10.6 Å². The molecule has 2 amide bonds. The van der Waals surface area contributed by atoms with Gasteiger partial charge in [0.05, 0.1) is 16.9 Å². The fraction of sp³-hybridized carbons (Fsp3) is 0.263. The van der Waals surface area contributed by atoms with E-state index in [0.717, 1.165) is 12.1 Å². The van der Waals surface area contributed by atoms with Crippen molar-refractivity contribution in [2.24, 2.45) is 0 Å². The van der Waals surface area contributed by atoms with Crippen molar-refractivity contribution < 1.29 is 22.8 Å². The number of carbonyl (C=O) groups excluding carboxylic acids is 2. The molecule has 0 saturated carbocycles. The van der Waals surface area contributed by atoms with Crippen LogP contribution in [0.3, 0.4) is 0 Å². The summed E-state index contributed by atoms with van der Waals surface area (Å²) < 4.78 is 38.4. The average molecular weight is 396 g/mol. The zero-order valence-electron chi connectivity index (χ0n) is 14.8. The van der Waals surface area contributed by atoms with E-state index >= 15 is 0 Å². The highest BCUT2D eigenvalue weighted by Crippen LogP contribution is 2.31. The number of halogens is 3. The number of rotatable bonds is 6. The van der Waals surface area contributed by atoms with Gasteiger partial charge in [-0.3, -0.25) is 9.59 Å². The number of benzene rings is 2. The van der Waals surface area contributed by atoms with Crippen molar-refractivity contribution >= 4 is 29.3 Å². The van der Waals surface area contributed by atoms with Crippen LogP contribution in [0, 0.1) is 0 Å². The summed E-state index contributed by atoms with van der Waals surface area (Å²) in [5, 5.41) is 5.23. The SMILES string of the molecule is CC(C)NC(=O)CSc1ccccc1C(=O)Nc1cccc(C(F)(F)F)c1. The standard InChI is InChI=1S/C19H19F3N2O2S/c1-12(2)23-17(25)11-27-16-9-4-3-8-15(16)18(26)24-14-7-5-6-13(10-14)19(20,21)22/h3-10,12H,11H2,1-2H3,(H,23,25)(H,24,26). The molecule has 4 nitrogen and oxygen atoms in total. The Labute approximate surface area is 159 Å². The summed E-state index contributed by atoms with van der Waals surface area (Å²) in [5.41, 5.74) is -0.502. The van der Waals surface area contributed by atoms with Crippen molar-refractivity contribution in [2.75, 3.05) is 11.1 Å². The van der Waals surface area contributed by atoms with Crippen LogP contribution >= 0.6 is 11.8 Å². The normalized spacial score (nSPS) is 11.3. The van der Waals surface area contributed by atoms with Crippen LogP contribution in [0.4, 0.5) is 18.9 Å². The van der Waals surface area contributed by atoms with Gasteiger partial charge >= 0.3 is 6.18 Å². The van der Waals surface area contributed by atoms with Crippen molar-refractivity contribution in [1.82, 2.24) is 5.32 Å². The number of thioether (sulfide) groups is 1. The number of hydrogen-bond donors (Lipinski definition) is 2. The first kappa shape index (κ1) is 20.8. The molecular weight excluding hydrogens is 377 g/mol. The van der Waals surface area contributed by atoms with Gasteiger partial charge in [-0.2, -0.15) is 13.2 Å². The molecule has 0 heterocycles. The summed E-state index contributed by atoms with van der Waals surface area (Å²) in [6.07, 6.45) is -4.49. The van der Waals surface area contributed by atoms with Gasteiger partial charge in [-0.25, -0.2) is 0 Å². The van der Waals surface area contributed by atoms with Gasteiger partial charge in [-0.05, 0) is 44.2 Å². The molecule has 0 aliphatic rings. The van der Waals surface area contributed by atoms with E-state index in [1.807, 2.05) is 13.8 Å². The topological polar surface area (TPSA) is 58.2 Å². The van der Waals surface area contributed by atoms with Gasteiger partial charge in [0.25, 0.3) is 5.91 Å². The molecule has 2 aromatic carbocycles. The highest BCUT2D eigenvalue weighted by Gasteiger charge is 2.30. The number of hydrogen-bond acceptors (Lipinski definition) is 3. The van der Waals surface area contributed by atoms with Crippen LogP contribution in [-0.2, 0) is 11.0 Å². The monoisotopic (exact) mass is 396 g/mol. The first-order chi connectivity index (χ1) is 12.7. The minimum atomic E-state index is -4.49. The highest BCUT2D eigenvalue weighted by atomic mass is 32.2. The van der Waals surface area contributed by atoms with Gasteiger partial charge in [0.2, 0.25) is 5.91 Å². The quantitative estimate of drug-likeness (QED) is 0.703. The molecule has 2 aromatic rings. The smallest absolute Gasteiger partial charge is 0.353 e. The Morgan fingerprint density at radius 2 is 1.78 bits per heavy atom. The van der Waals surface area contributed by atoms with E-state index < -0.39 is 17.6 Å². The second-order valence-corrected chi connectivity index (χ2v) is 7.06. The van der Waals surface area contributed by atoms with E-state index in [1.165, 1.54) is 23.9 Å². The van der Waals surface area contributed by atoms with E-state index in [9.17, 15) is 22.8 Å². The molecule has 0 bridgehead atoms. The Bertz CT molecular complexity index is 823. The van der Waals surface area contributed by atoms with E-state index in [0.29, 0.717) is 4.90 Å². The summed E-state index contributed by atoms with van der Waals surface area (Å²) in [5.74, 6) is -0.573. The lowest BCUT2D eigenvalue weighted by molar-refractivity contribution is -0.137. The maximum Gasteiger partial charge on any atom is 0.416 e. The third-order valence-corrected chi connectivity index (χ3v) is 4.46. The zero-order chi connectivity index (χ0) is 20.0. The second-order valence-electron chi connectivity index (χ2n) is 6.04. The van der Waals surface area contributed by atoms with Crippen LogP contribution in [0.1, 0.15) is 29.8 Å². The maximum absolute atomic E-state index is 12.8. The van der Waals surface area contributed by atoms with Crippen LogP contribution in [0.2, 0.25) is 0 Å². The Morgan fingerprint density at radius 3 is 2.44 bits per heavy atom. The second kappa shape index (κ2) is 8.94. The maximum atomic E-state index is 12.8. The van der Waals surface area contributed by atoms with E-state index in [4.69, 9.17) is 0 Å². The Morgan fingerprint density at radius 1 is 1.07 bits per heavy atom. The third-order valence-electron chi connectivity index (χ3n) is 3.39. The fourth-order valence-electron chi connectivity index (χ4n) is 2.26. The van der Waals surface area contributed by atoms with Gasteiger partial charge in [-0.1, -0.05) is 18.2 Å². The van der Waals surface area contributed by atoms with Crippen molar-refractivity contribution in [3.63, 3.8) is 0 Å². The Hall–Kier alpha value is -2.48. The van der Waals surface area contributed by atoms with Crippen LogP contribution in [0.15, 0.2) is 53.4 Å². The molecular formula is C19H19F3N2O2S. The number of alkyl halides is 3. The van der Waals surface area contributed by atoms with E-state index in [1.54, 1.807) is 24.3 Å². The Kier molecular flexibility index (Phi) is 6.90. The van der Waals surface area contributed by atoms with Crippen molar-refractivity contribution in [3.05, 3.63) is 59.7 Å². The van der Waals surface area contributed by atoms with Gasteiger partial charge in [-0.15, -0.1) is 11.8 Å². The molecule has 0 radical (unpaired) electrons. The molecule has 0 aromatic heterocycles. The largest absolute Gasteiger partial charge is 0.416 e. The summed E-state index contributed by atoms with van der Waals surface area (Å²) in [4.78, 5) is 24.9. The van der Waals surface area contributed by atoms with Crippen LogP contribution < -0.4 is 10.6 Å². The fourth-order valence-corrected chi connectivity index (χ4v) is 3.12. The van der Waals surface area contributed by atoms with Crippen molar-refractivity contribution in [2.45, 2.75) is 31.0 Å². The number of nitrogens with one attached hydrogen (secondary N) is 2. The first-order valence-corrected chi connectivity index (χ1v) is 9.15. The lowest BCUT2D eigenvalue weighted by Gasteiger charge is -2.12. The van der Waals surface area contributed by atoms with Gasteiger partial charge in [0.1, 0.15) is 0 Å². The van der Waals surface area contributed by atoms with Crippen molar-refractivity contribution in [1.29, 1.82) is 0 Å². The molecule has 0 atom stereocenters. The van der Waals surface area contributed by atoms with Crippen LogP contribution in [0.25, 0.3) is 0 Å². The van der Waals surface area contributed by atoms with E-state index in [-0.39, 0.29) is 29.0 Å². The minimum absolute atomic E-state index is 0.0116. The number of amides is 2. The number of carbonyl (C=O) groups is 2. The summed E-state index contributed by atoms with van der Waals surface area (Å²) in [6.45, 7) is 3.69. The summed E-state index contributed by atoms with van der Waals surface area (Å²) in [7, 11) is 0. The van der Waals surface area contributed by atoms with Crippen LogP contribution in [0.5, 0.6) is 0 Å². The molecule has 144 valence electrons. The third kappa shape index (κ3) is 6.32. The molecule has 0 unspecified atom stereocenters. The molecule has 2 N–H and O–H groups in total. The molecule has 0 aliphatic carbocycles. The molecule has 0 spiro atoms. The summed E-state index contributed by atoms with van der Waals surface area (Å²) >= 11 is 1.19. The van der Waals surface area contributed by atoms with Crippen LogP contribution in [-0.4, -0.2) is 23.6 Å². The molecule has 8 heteroatoms. The predicted molar refractivity (Wildman–Crippen MR) is 99.8 cm³/mol. The van der Waals surface area contributed by atoms with Crippen molar-refractivity contribution in [3.8, 4) is 0 Å². The number of anilines is 1. The van der Waals surface area contributed by atoms with E-state index in [2.05, 4.69) is 10.6 Å². The predicted octanol–water partition coefficient (Wildman–Crippen LogP) is 4.57. The molecule has 2 rings (SSSR count). The molecule has 27 heavy (non-hydrogen) atoms. The first-order valence-electron chi connectivity index (χ1n) is 8.16. The minimum Gasteiger partial charge on any atom is -0.353 e. The highest BCUT2D eigenvalue weighted by molar-refractivity contribution is 8.00. The molecule has 0 saturated heterocycles. The van der Waals surface area contributed by atoms with Gasteiger partial charge in [0, 0.05) is 16.6 Å². The Balaban J connectivity index is 2.12. The lowest BCUT2D eigenvalue weighted by Crippen LogP contribution is -2.31. The van der Waals surface area contributed by atoms with Gasteiger partial charge in [0.15, 0.2) is 0 Å². The average Bonchev–Trinajstić information content (AvgIpc) is 2.59. The lowest BCUT2D eigenvalue weighted by atomic mass is 10.1. The molecule has 0 fully saturated rings. The molecule has 0 aliphatic heterocycles.